The van der Waals surface area contributed by atoms with Crippen molar-refractivity contribution in [2.45, 2.75) is 24.6 Å². The normalized spacial score (nSPS) is 19.6. The van der Waals surface area contributed by atoms with Crippen molar-refractivity contribution in [2.24, 2.45) is 5.16 Å². The van der Waals surface area contributed by atoms with Gasteiger partial charge in [-0.15, -0.1) is 11.8 Å². The van der Waals surface area contributed by atoms with Crippen LogP contribution < -0.4 is 15.6 Å². The van der Waals surface area contributed by atoms with E-state index < -0.39 is 29.2 Å². The number of hydrogen-bond donors (Lipinski definition) is 4. The van der Waals surface area contributed by atoms with Gasteiger partial charge in [0.1, 0.15) is 29.7 Å². The number of nitrogens with zero attached hydrogens (tertiary/aromatic N) is 6. The topological polar surface area (TPSA) is 189 Å². The SMILES string of the molecule is CON=C(C(=O)N[C@@H]1C(=O)N2C(C(=O)O)=C(C[n+]3ccn4c(CO)ccc4c3)CS[C@@H]12)c1nsc(N)n1. The molecule has 3 aromatic heterocycles. The Morgan fingerprint density at radius 1 is 1.41 bits per heavy atom. The minimum Gasteiger partial charge on any atom is -0.477 e. The molecule has 0 aromatic carbocycles. The van der Waals surface area contributed by atoms with Gasteiger partial charge in [0.25, 0.3) is 11.8 Å². The van der Waals surface area contributed by atoms with Crippen LogP contribution in [0.25, 0.3) is 5.52 Å². The van der Waals surface area contributed by atoms with Gasteiger partial charge in [0.05, 0.1) is 12.8 Å². The van der Waals surface area contributed by atoms with Gasteiger partial charge in [-0.3, -0.25) is 14.5 Å². The van der Waals surface area contributed by atoms with Crippen LogP contribution in [0.3, 0.4) is 0 Å². The van der Waals surface area contributed by atoms with E-state index in [9.17, 15) is 24.6 Å². The molecule has 0 aliphatic carbocycles. The van der Waals surface area contributed by atoms with Gasteiger partial charge in [-0.1, -0.05) is 5.16 Å². The molecule has 3 aromatic rings. The summed E-state index contributed by atoms with van der Waals surface area (Å²) in [5.41, 5.74) is 7.35. The highest BCUT2D eigenvalue weighted by Crippen LogP contribution is 2.40. The molecule has 2 aliphatic heterocycles. The molecule has 0 unspecified atom stereocenters. The fourth-order valence-electron chi connectivity index (χ4n) is 4.23. The molecule has 2 aliphatic rings. The molecule has 2 atom stereocenters. The number of anilines is 1. The first kappa shape index (κ1) is 24.7. The van der Waals surface area contributed by atoms with Crippen LogP contribution in [0.15, 0.2) is 47.1 Å². The fourth-order valence-corrected chi connectivity index (χ4v) is 6.00. The number of β-lactam (4-membered cyclic amide) rings is 1. The predicted octanol–water partition coefficient (Wildman–Crippen LogP) is -1.06. The summed E-state index contributed by atoms with van der Waals surface area (Å²) in [6.45, 7) is 0.145. The Hall–Kier alpha value is -4.02. The zero-order valence-electron chi connectivity index (χ0n) is 19.3. The summed E-state index contributed by atoms with van der Waals surface area (Å²) in [7, 11) is 1.25. The number of nitrogen functional groups attached to an aromatic ring is 1. The molecule has 5 heterocycles. The lowest BCUT2D eigenvalue weighted by molar-refractivity contribution is -0.688. The smallest absolute Gasteiger partial charge is 0.352 e. The zero-order chi connectivity index (χ0) is 26.3. The van der Waals surface area contributed by atoms with Crippen LogP contribution in [-0.4, -0.2) is 76.6 Å². The van der Waals surface area contributed by atoms with E-state index in [2.05, 4.69) is 19.8 Å². The van der Waals surface area contributed by atoms with Crippen LogP contribution in [0, 0.1) is 0 Å². The molecule has 0 saturated carbocycles. The number of aromatic nitrogens is 4. The molecule has 2 amide bonds. The number of carbonyl (C=O) groups is 3. The third-order valence-electron chi connectivity index (χ3n) is 5.86. The van der Waals surface area contributed by atoms with Crippen molar-refractivity contribution in [3.05, 3.63) is 53.5 Å². The van der Waals surface area contributed by atoms with Crippen molar-refractivity contribution >= 4 is 57.4 Å². The minimum absolute atomic E-state index is 0.0433. The van der Waals surface area contributed by atoms with Crippen molar-refractivity contribution in [3.8, 4) is 0 Å². The van der Waals surface area contributed by atoms with E-state index in [4.69, 9.17) is 10.6 Å². The Labute approximate surface area is 217 Å². The molecule has 0 bridgehead atoms. The molecule has 192 valence electrons. The van der Waals surface area contributed by atoms with Gasteiger partial charge in [0.2, 0.25) is 11.5 Å². The molecule has 1 saturated heterocycles. The minimum atomic E-state index is -1.23. The Balaban J connectivity index is 1.35. The lowest BCUT2D eigenvalue weighted by Crippen LogP contribution is -2.71. The Bertz CT molecular complexity index is 1480. The first-order valence-electron chi connectivity index (χ1n) is 10.8. The van der Waals surface area contributed by atoms with E-state index in [0.29, 0.717) is 11.3 Å². The number of hydrogen-bond acceptors (Lipinski definition) is 11. The van der Waals surface area contributed by atoms with E-state index in [1.165, 1.54) is 23.8 Å². The van der Waals surface area contributed by atoms with Crippen LogP contribution in [0.5, 0.6) is 0 Å². The molecule has 5 rings (SSSR count). The summed E-state index contributed by atoms with van der Waals surface area (Å²) in [6, 6.07) is 2.69. The van der Waals surface area contributed by atoms with E-state index >= 15 is 0 Å². The summed E-state index contributed by atoms with van der Waals surface area (Å²) in [6.07, 6.45) is 5.39. The predicted molar refractivity (Wildman–Crippen MR) is 131 cm³/mol. The number of nitrogens with one attached hydrogen (secondary N) is 1. The molecule has 16 heteroatoms. The number of carboxylic acid groups (broad SMARTS) is 1. The number of carbonyl (C=O) groups excluding carboxylic acids is 2. The standard InChI is InChI=1S/C21H20N8O6S2/c1-35-25-13(16-24-21(22)37-26-16)17(31)23-14-18(32)29-15(20(33)34)10(9-36-19(14)29)6-27-4-5-28-11(7-27)2-3-12(28)8-30/h2-5,7,14,19,30H,6,8-9H2,1H3,(H3-,22,23,24,26,31,33,34)/p+1/t14-,19+/m1/s1. The summed E-state index contributed by atoms with van der Waals surface area (Å²) in [5.74, 6) is -2.23. The maximum atomic E-state index is 13.0. The highest BCUT2D eigenvalue weighted by molar-refractivity contribution is 8.00. The first-order valence-corrected chi connectivity index (χ1v) is 12.7. The molecule has 5 N–H and O–H groups in total. The summed E-state index contributed by atoms with van der Waals surface area (Å²) < 4.78 is 7.60. The van der Waals surface area contributed by atoms with Gasteiger partial charge < -0.3 is 30.5 Å². The van der Waals surface area contributed by atoms with Crippen LogP contribution >= 0.6 is 23.3 Å². The van der Waals surface area contributed by atoms with Crippen molar-refractivity contribution in [1.82, 2.24) is 24.0 Å². The van der Waals surface area contributed by atoms with Crippen LogP contribution in [-0.2, 0) is 32.4 Å². The van der Waals surface area contributed by atoms with Crippen LogP contribution in [0.4, 0.5) is 5.13 Å². The Morgan fingerprint density at radius 3 is 2.89 bits per heavy atom. The third-order valence-corrected chi connectivity index (χ3v) is 7.74. The van der Waals surface area contributed by atoms with Gasteiger partial charge >= 0.3 is 5.97 Å². The number of carboxylic acids is 1. The second-order valence-corrected chi connectivity index (χ2v) is 9.96. The number of aliphatic hydroxyl groups is 1. The molecule has 1 fully saturated rings. The van der Waals surface area contributed by atoms with Crippen molar-refractivity contribution in [3.63, 3.8) is 0 Å². The molecular weight excluding hydrogens is 524 g/mol. The molecular formula is C21H21N8O6S2+. The number of oxime groups is 1. The second-order valence-electron chi connectivity index (χ2n) is 8.07. The van der Waals surface area contributed by atoms with Gasteiger partial charge in [-0.05, 0) is 12.1 Å². The Morgan fingerprint density at radius 2 is 2.22 bits per heavy atom. The zero-order valence-corrected chi connectivity index (χ0v) is 20.9. The highest BCUT2D eigenvalue weighted by atomic mass is 32.2. The van der Waals surface area contributed by atoms with Crippen molar-refractivity contribution < 1.29 is 34.0 Å². The van der Waals surface area contributed by atoms with Crippen LogP contribution in [0.1, 0.15) is 11.5 Å². The summed E-state index contributed by atoms with van der Waals surface area (Å²) in [4.78, 5) is 47.9. The monoisotopic (exact) mass is 545 g/mol. The molecule has 37 heavy (non-hydrogen) atoms. The van der Waals surface area contributed by atoms with Crippen molar-refractivity contribution in [2.75, 3.05) is 18.6 Å². The average molecular weight is 546 g/mol. The Kier molecular flexibility index (Phi) is 6.53. The number of amides is 2. The maximum absolute atomic E-state index is 13.0. The quantitative estimate of drug-likeness (QED) is 0.118. The largest absolute Gasteiger partial charge is 0.477 e. The molecule has 0 radical (unpaired) electrons. The van der Waals surface area contributed by atoms with E-state index in [0.717, 1.165) is 22.7 Å². The fraction of sp³-hybridized carbons (Fsp3) is 0.286. The van der Waals surface area contributed by atoms with Gasteiger partial charge in [-0.2, -0.15) is 13.9 Å². The number of aliphatic carboxylic acids is 1. The van der Waals surface area contributed by atoms with Crippen LogP contribution in [0.2, 0.25) is 0 Å². The van der Waals surface area contributed by atoms with Gasteiger partial charge in [0.15, 0.2) is 24.1 Å². The average Bonchev–Trinajstić information content (AvgIpc) is 3.50. The number of fused-ring (bicyclic) bond motifs is 2. The van der Waals surface area contributed by atoms with Crippen molar-refractivity contribution in [1.29, 1.82) is 0 Å². The molecule has 0 spiro atoms. The van der Waals surface area contributed by atoms with E-state index in [1.54, 1.807) is 18.5 Å². The molecule has 14 nitrogen and oxygen atoms in total. The second kappa shape index (κ2) is 9.79. The van der Waals surface area contributed by atoms with E-state index in [1.807, 2.05) is 21.2 Å². The lowest BCUT2D eigenvalue weighted by Gasteiger charge is -2.49. The third kappa shape index (κ3) is 4.38. The van der Waals surface area contributed by atoms with Gasteiger partial charge in [0, 0.05) is 28.6 Å². The van der Waals surface area contributed by atoms with E-state index in [-0.39, 0.29) is 35.5 Å². The van der Waals surface area contributed by atoms with Gasteiger partial charge in [-0.25, -0.2) is 4.79 Å². The number of thioether (sulfide) groups is 1. The first-order chi connectivity index (χ1) is 17.8. The number of nitrogens with two attached hydrogens (primary N) is 1. The summed E-state index contributed by atoms with van der Waals surface area (Å²) in [5, 5.41) is 25.2. The number of rotatable bonds is 8. The lowest BCUT2D eigenvalue weighted by atomic mass is 10.0. The summed E-state index contributed by atoms with van der Waals surface area (Å²) >= 11 is 2.22. The highest BCUT2D eigenvalue weighted by Gasteiger charge is 2.54. The maximum Gasteiger partial charge on any atom is 0.352 e. The number of aliphatic hydroxyl groups excluding tert-OH is 1.